The number of hydrogen-bond acceptors (Lipinski definition) is 3. The first-order valence-corrected chi connectivity index (χ1v) is 6.40. The van der Waals surface area contributed by atoms with E-state index in [9.17, 15) is 9.18 Å². The molecular weight excluding hydrogens is 259 g/mol. The molecule has 0 saturated carbocycles. The van der Waals surface area contributed by atoms with E-state index in [0.29, 0.717) is 30.8 Å². The van der Waals surface area contributed by atoms with Crippen molar-refractivity contribution in [2.45, 2.75) is 6.92 Å². The lowest BCUT2D eigenvalue weighted by Gasteiger charge is -2.21. The van der Waals surface area contributed by atoms with E-state index in [4.69, 9.17) is 10.5 Å². The molecule has 0 unspecified atom stereocenters. The molecule has 20 heavy (non-hydrogen) atoms. The van der Waals surface area contributed by atoms with Crippen molar-refractivity contribution in [3.8, 4) is 11.8 Å². The van der Waals surface area contributed by atoms with Gasteiger partial charge in [0.05, 0.1) is 18.7 Å². The molecule has 0 aliphatic carbocycles. The first-order valence-electron chi connectivity index (χ1n) is 6.40. The van der Waals surface area contributed by atoms with Crippen LogP contribution < -0.4 is 5.73 Å². The fourth-order valence-electron chi connectivity index (χ4n) is 1.73. The topological polar surface area (TPSA) is 55.6 Å². The summed E-state index contributed by atoms with van der Waals surface area (Å²) in [5.74, 6) is 4.76. The largest absolute Gasteiger partial charge is 0.383 e. The molecule has 1 amide bonds. The highest BCUT2D eigenvalue weighted by atomic mass is 19.1. The van der Waals surface area contributed by atoms with Gasteiger partial charge in [0.25, 0.3) is 5.91 Å². The highest BCUT2D eigenvalue weighted by molar-refractivity contribution is 5.96. The SMILES string of the molecule is CCN(CCOC)C(=O)c1ccc(F)cc1C#CCN. The van der Waals surface area contributed by atoms with Crippen molar-refractivity contribution in [1.29, 1.82) is 0 Å². The van der Waals surface area contributed by atoms with Crippen LogP contribution in [0.2, 0.25) is 0 Å². The van der Waals surface area contributed by atoms with Crippen molar-refractivity contribution in [2.75, 3.05) is 33.4 Å². The smallest absolute Gasteiger partial charge is 0.255 e. The number of nitrogens with two attached hydrogens (primary N) is 1. The maximum Gasteiger partial charge on any atom is 0.255 e. The van der Waals surface area contributed by atoms with Gasteiger partial charge in [-0.05, 0) is 25.1 Å². The van der Waals surface area contributed by atoms with Gasteiger partial charge in [0.1, 0.15) is 5.82 Å². The summed E-state index contributed by atoms with van der Waals surface area (Å²) in [6.45, 7) is 3.51. The van der Waals surface area contributed by atoms with Crippen LogP contribution in [-0.2, 0) is 4.74 Å². The van der Waals surface area contributed by atoms with Gasteiger partial charge >= 0.3 is 0 Å². The van der Waals surface area contributed by atoms with E-state index in [1.807, 2.05) is 6.92 Å². The molecule has 1 aromatic carbocycles. The normalized spacial score (nSPS) is 9.80. The van der Waals surface area contributed by atoms with Crippen molar-refractivity contribution < 1.29 is 13.9 Å². The Hall–Kier alpha value is -1.90. The van der Waals surface area contributed by atoms with Crippen LogP contribution in [0.25, 0.3) is 0 Å². The Morgan fingerprint density at radius 3 is 2.85 bits per heavy atom. The summed E-state index contributed by atoms with van der Waals surface area (Å²) >= 11 is 0. The molecule has 0 aliphatic rings. The van der Waals surface area contributed by atoms with E-state index >= 15 is 0 Å². The van der Waals surface area contributed by atoms with E-state index in [2.05, 4.69) is 11.8 Å². The molecule has 5 heteroatoms. The number of carbonyl (C=O) groups is 1. The second-order valence-electron chi connectivity index (χ2n) is 4.07. The number of carbonyl (C=O) groups excluding carboxylic acids is 1. The minimum absolute atomic E-state index is 0.158. The highest BCUT2D eigenvalue weighted by Crippen LogP contribution is 2.13. The van der Waals surface area contributed by atoms with Gasteiger partial charge in [-0.15, -0.1) is 0 Å². The van der Waals surface area contributed by atoms with Crippen molar-refractivity contribution in [1.82, 2.24) is 4.90 Å². The quantitative estimate of drug-likeness (QED) is 0.825. The lowest BCUT2D eigenvalue weighted by atomic mass is 10.1. The molecule has 0 heterocycles. The minimum Gasteiger partial charge on any atom is -0.383 e. The van der Waals surface area contributed by atoms with Crippen LogP contribution in [0.5, 0.6) is 0 Å². The van der Waals surface area contributed by atoms with Crippen LogP contribution in [0.15, 0.2) is 18.2 Å². The summed E-state index contributed by atoms with van der Waals surface area (Å²) in [6.07, 6.45) is 0. The Morgan fingerprint density at radius 2 is 2.25 bits per heavy atom. The second kappa shape index (κ2) is 8.31. The Bertz CT molecular complexity index is 520. The number of halogens is 1. The lowest BCUT2D eigenvalue weighted by Crippen LogP contribution is -2.34. The number of likely N-dealkylation sites (N-methyl/N-ethyl adjacent to an activating group) is 1. The number of nitrogens with zero attached hydrogens (tertiary/aromatic N) is 1. The van der Waals surface area contributed by atoms with Gasteiger partial charge in [-0.2, -0.15) is 0 Å². The fourth-order valence-corrected chi connectivity index (χ4v) is 1.73. The molecule has 0 aromatic heterocycles. The van der Waals surface area contributed by atoms with Gasteiger partial charge in [-0.25, -0.2) is 4.39 Å². The summed E-state index contributed by atoms with van der Waals surface area (Å²) in [5.41, 5.74) is 6.05. The lowest BCUT2D eigenvalue weighted by molar-refractivity contribution is 0.0706. The van der Waals surface area contributed by atoms with Gasteiger partial charge in [-0.1, -0.05) is 11.8 Å². The third kappa shape index (κ3) is 4.34. The van der Waals surface area contributed by atoms with Gasteiger partial charge in [-0.3, -0.25) is 4.79 Å². The predicted octanol–water partition coefficient (Wildman–Crippen LogP) is 1.24. The molecular formula is C15H19FN2O2. The number of hydrogen-bond donors (Lipinski definition) is 1. The maximum absolute atomic E-state index is 13.3. The molecule has 1 rings (SSSR count). The third-order valence-corrected chi connectivity index (χ3v) is 2.77. The molecule has 0 aliphatic heterocycles. The van der Waals surface area contributed by atoms with Crippen LogP contribution in [0, 0.1) is 17.7 Å². The predicted molar refractivity (Wildman–Crippen MR) is 75.8 cm³/mol. The Labute approximate surface area is 118 Å². The molecule has 0 saturated heterocycles. The van der Waals surface area contributed by atoms with Crippen molar-refractivity contribution in [2.24, 2.45) is 5.73 Å². The molecule has 0 atom stereocenters. The highest BCUT2D eigenvalue weighted by Gasteiger charge is 2.17. The van der Waals surface area contributed by atoms with Crippen LogP contribution >= 0.6 is 0 Å². The number of methoxy groups -OCH3 is 1. The standard InChI is InChI=1S/C15H19FN2O2/c1-3-18(9-10-20-2)15(19)14-7-6-13(16)11-12(14)5-4-8-17/h6-7,11H,3,8-10,17H2,1-2H3. The third-order valence-electron chi connectivity index (χ3n) is 2.77. The molecule has 0 bridgehead atoms. The van der Waals surface area contributed by atoms with Crippen LogP contribution in [0.1, 0.15) is 22.8 Å². The Kier molecular flexibility index (Phi) is 6.71. The van der Waals surface area contributed by atoms with E-state index in [1.165, 1.54) is 18.2 Å². The summed E-state index contributed by atoms with van der Waals surface area (Å²) in [6, 6.07) is 3.96. The summed E-state index contributed by atoms with van der Waals surface area (Å²) in [5, 5.41) is 0. The maximum atomic E-state index is 13.3. The molecule has 108 valence electrons. The zero-order valence-corrected chi connectivity index (χ0v) is 11.8. The average Bonchev–Trinajstić information content (AvgIpc) is 2.45. The Balaban J connectivity index is 3.07. The molecule has 0 radical (unpaired) electrons. The Morgan fingerprint density at radius 1 is 1.50 bits per heavy atom. The van der Waals surface area contributed by atoms with E-state index in [0.717, 1.165) is 0 Å². The van der Waals surface area contributed by atoms with Gasteiger partial charge < -0.3 is 15.4 Å². The van der Waals surface area contributed by atoms with Crippen molar-refractivity contribution >= 4 is 5.91 Å². The molecule has 4 nitrogen and oxygen atoms in total. The first kappa shape index (κ1) is 16.2. The molecule has 0 spiro atoms. The number of amides is 1. The second-order valence-corrected chi connectivity index (χ2v) is 4.07. The summed E-state index contributed by atoms with van der Waals surface area (Å²) in [7, 11) is 1.58. The summed E-state index contributed by atoms with van der Waals surface area (Å²) < 4.78 is 18.3. The molecule has 0 fully saturated rings. The zero-order chi connectivity index (χ0) is 15.0. The van der Waals surface area contributed by atoms with Crippen molar-refractivity contribution in [3.63, 3.8) is 0 Å². The van der Waals surface area contributed by atoms with Crippen LogP contribution in [0.4, 0.5) is 4.39 Å². The molecule has 1 aromatic rings. The van der Waals surface area contributed by atoms with Crippen LogP contribution in [0.3, 0.4) is 0 Å². The van der Waals surface area contributed by atoms with Gasteiger partial charge in [0, 0.05) is 25.8 Å². The zero-order valence-electron chi connectivity index (χ0n) is 11.8. The average molecular weight is 278 g/mol. The van der Waals surface area contributed by atoms with E-state index in [1.54, 1.807) is 12.0 Å². The van der Waals surface area contributed by atoms with Crippen LogP contribution in [-0.4, -0.2) is 44.2 Å². The van der Waals surface area contributed by atoms with Gasteiger partial charge in [0.15, 0.2) is 0 Å². The van der Waals surface area contributed by atoms with Crippen molar-refractivity contribution in [3.05, 3.63) is 35.1 Å². The number of benzene rings is 1. The first-order chi connectivity index (χ1) is 9.63. The number of rotatable bonds is 5. The molecule has 2 N–H and O–H groups in total. The summed E-state index contributed by atoms with van der Waals surface area (Å²) in [4.78, 5) is 14.1. The van der Waals surface area contributed by atoms with E-state index in [-0.39, 0.29) is 12.5 Å². The fraction of sp³-hybridized carbons (Fsp3) is 0.400. The van der Waals surface area contributed by atoms with Gasteiger partial charge in [0.2, 0.25) is 0 Å². The number of ether oxygens (including phenoxy) is 1. The van der Waals surface area contributed by atoms with E-state index < -0.39 is 5.82 Å². The monoisotopic (exact) mass is 278 g/mol. The minimum atomic E-state index is -0.428.